The second-order valence-electron chi connectivity index (χ2n) is 5.49. The van der Waals surface area contributed by atoms with Gasteiger partial charge < -0.3 is 10.0 Å². The van der Waals surface area contributed by atoms with Crippen molar-refractivity contribution in [2.24, 2.45) is 0 Å². The van der Waals surface area contributed by atoms with Crippen LogP contribution in [-0.4, -0.2) is 53.2 Å². The third-order valence-corrected chi connectivity index (χ3v) is 5.44. The molecule has 19 heavy (non-hydrogen) atoms. The Morgan fingerprint density at radius 2 is 2.11 bits per heavy atom. The van der Waals surface area contributed by atoms with E-state index in [1.165, 1.54) is 24.2 Å². The molecule has 0 aliphatic carbocycles. The van der Waals surface area contributed by atoms with Gasteiger partial charge in [0.25, 0.3) is 0 Å². The van der Waals surface area contributed by atoms with Crippen molar-refractivity contribution in [3.63, 3.8) is 0 Å². The first-order valence-corrected chi connectivity index (χ1v) is 7.55. The fourth-order valence-electron chi connectivity index (χ4n) is 3.20. The molecule has 0 aromatic carbocycles. The summed E-state index contributed by atoms with van der Waals surface area (Å²) >= 11 is 1.50. The van der Waals surface area contributed by atoms with Crippen molar-refractivity contribution in [2.75, 3.05) is 25.0 Å². The van der Waals surface area contributed by atoms with E-state index in [0.717, 1.165) is 29.5 Å². The topological polar surface area (TPSA) is 56.7 Å². The summed E-state index contributed by atoms with van der Waals surface area (Å²) < 4.78 is 0. The van der Waals surface area contributed by atoms with Gasteiger partial charge in [0.2, 0.25) is 0 Å². The highest BCUT2D eigenvalue weighted by Gasteiger charge is 2.35. The minimum absolute atomic E-state index is 0.211. The van der Waals surface area contributed by atoms with Crippen LogP contribution >= 0.6 is 11.3 Å². The van der Waals surface area contributed by atoms with Crippen molar-refractivity contribution in [1.82, 2.24) is 9.88 Å². The molecular formula is C13H19N3O2S. The molecule has 3 heterocycles. The normalized spacial score (nSPS) is 27.6. The number of nitrogens with zero attached hydrogens (tertiary/aromatic N) is 3. The van der Waals surface area contributed by atoms with Crippen LogP contribution in [0.1, 0.15) is 34.6 Å². The molecule has 2 aliphatic rings. The van der Waals surface area contributed by atoms with Crippen molar-refractivity contribution in [1.29, 1.82) is 0 Å². The first-order valence-electron chi connectivity index (χ1n) is 6.74. The summed E-state index contributed by atoms with van der Waals surface area (Å²) in [6, 6.07) is 1.28. The molecule has 1 aromatic heterocycles. The van der Waals surface area contributed by atoms with Crippen LogP contribution in [0.25, 0.3) is 0 Å². The van der Waals surface area contributed by atoms with E-state index in [0.29, 0.717) is 12.1 Å². The number of rotatable bonds is 2. The van der Waals surface area contributed by atoms with Gasteiger partial charge in [-0.1, -0.05) is 0 Å². The fourth-order valence-corrected chi connectivity index (χ4v) is 4.13. The Bertz CT molecular complexity index is 502. The first-order chi connectivity index (χ1) is 9.06. The number of carbonyl (C=O) groups is 1. The molecule has 3 rings (SSSR count). The summed E-state index contributed by atoms with van der Waals surface area (Å²) in [4.78, 5) is 20.9. The highest BCUT2D eigenvalue weighted by Crippen LogP contribution is 2.33. The van der Waals surface area contributed by atoms with Gasteiger partial charge in [-0.15, -0.1) is 11.3 Å². The summed E-state index contributed by atoms with van der Waals surface area (Å²) in [7, 11) is 2.21. The Morgan fingerprint density at radius 3 is 2.79 bits per heavy atom. The van der Waals surface area contributed by atoms with Gasteiger partial charge in [0.15, 0.2) is 10.8 Å². The molecule has 1 N–H and O–H groups in total. The van der Waals surface area contributed by atoms with E-state index in [-0.39, 0.29) is 5.69 Å². The summed E-state index contributed by atoms with van der Waals surface area (Å²) in [5.41, 5.74) is 0.211. The Morgan fingerprint density at radius 1 is 1.37 bits per heavy atom. The van der Waals surface area contributed by atoms with E-state index in [2.05, 4.69) is 21.8 Å². The van der Waals surface area contributed by atoms with E-state index >= 15 is 0 Å². The van der Waals surface area contributed by atoms with Gasteiger partial charge in [-0.25, -0.2) is 9.78 Å². The summed E-state index contributed by atoms with van der Waals surface area (Å²) in [5, 5.41) is 9.97. The Labute approximate surface area is 116 Å². The van der Waals surface area contributed by atoms with Gasteiger partial charge >= 0.3 is 5.97 Å². The zero-order valence-electron chi connectivity index (χ0n) is 11.3. The number of aryl methyl sites for hydroxylation is 1. The van der Waals surface area contributed by atoms with Crippen LogP contribution in [0, 0.1) is 6.92 Å². The molecule has 0 amide bonds. The molecule has 2 unspecified atom stereocenters. The molecule has 5 nitrogen and oxygen atoms in total. The average Bonchev–Trinajstić information content (AvgIpc) is 2.81. The average molecular weight is 281 g/mol. The number of aromatic carboxylic acids is 1. The molecule has 2 saturated heterocycles. The molecule has 0 spiro atoms. The zero-order valence-corrected chi connectivity index (χ0v) is 12.1. The number of carboxylic acid groups (broad SMARTS) is 1. The highest BCUT2D eigenvalue weighted by atomic mass is 32.1. The Kier molecular flexibility index (Phi) is 3.22. The predicted molar refractivity (Wildman–Crippen MR) is 75.2 cm³/mol. The smallest absolute Gasteiger partial charge is 0.355 e. The second-order valence-corrected chi connectivity index (χ2v) is 6.67. The van der Waals surface area contributed by atoms with Crippen LogP contribution in [0.15, 0.2) is 0 Å². The van der Waals surface area contributed by atoms with Crippen molar-refractivity contribution in [3.05, 3.63) is 10.6 Å². The van der Waals surface area contributed by atoms with Crippen LogP contribution < -0.4 is 4.90 Å². The number of likely N-dealkylation sites (N-methyl/N-ethyl adjacent to an activating group) is 1. The number of aromatic nitrogens is 1. The van der Waals surface area contributed by atoms with E-state index in [1.807, 2.05) is 6.92 Å². The quantitative estimate of drug-likeness (QED) is 0.896. The third kappa shape index (κ3) is 2.23. The number of anilines is 1. The minimum atomic E-state index is -0.923. The van der Waals surface area contributed by atoms with Crippen molar-refractivity contribution in [3.8, 4) is 0 Å². The van der Waals surface area contributed by atoms with E-state index in [9.17, 15) is 4.79 Å². The molecule has 0 radical (unpaired) electrons. The molecular weight excluding hydrogens is 262 g/mol. The number of hydrogen-bond acceptors (Lipinski definition) is 5. The van der Waals surface area contributed by atoms with Gasteiger partial charge in [-0.05, 0) is 33.2 Å². The number of thiazole rings is 1. The van der Waals surface area contributed by atoms with E-state index < -0.39 is 5.97 Å². The number of hydrogen-bond donors (Lipinski definition) is 1. The monoisotopic (exact) mass is 281 g/mol. The van der Waals surface area contributed by atoms with E-state index in [4.69, 9.17) is 5.11 Å². The van der Waals surface area contributed by atoms with Gasteiger partial charge in [0.1, 0.15) is 0 Å². The van der Waals surface area contributed by atoms with Crippen LogP contribution in [0.2, 0.25) is 0 Å². The van der Waals surface area contributed by atoms with E-state index in [1.54, 1.807) is 0 Å². The zero-order chi connectivity index (χ0) is 13.6. The van der Waals surface area contributed by atoms with Crippen molar-refractivity contribution in [2.45, 2.75) is 38.3 Å². The van der Waals surface area contributed by atoms with Crippen LogP contribution in [0.5, 0.6) is 0 Å². The molecule has 2 atom stereocenters. The Hall–Kier alpha value is -1.14. The van der Waals surface area contributed by atoms with Gasteiger partial charge in [-0.2, -0.15) is 0 Å². The summed E-state index contributed by atoms with van der Waals surface area (Å²) in [6.45, 7) is 3.79. The van der Waals surface area contributed by atoms with Crippen molar-refractivity contribution >= 4 is 22.4 Å². The maximum atomic E-state index is 11.1. The lowest BCUT2D eigenvalue weighted by atomic mass is 10.1. The molecule has 1 aromatic rings. The first kappa shape index (κ1) is 12.9. The largest absolute Gasteiger partial charge is 0.476 e. The molecule has 2 aliphatic heterocycles. The fraction of sp³-hybridized carbons (Fsp3) is 0.692. The van der Waals surface area contributed by atoms with Crippen LogP contribution in [-0.2, 0) is 0 Å². The highest BCUT2D eigenvalue weighted by molar-refractivity contribution is 7.15. The maximum absolute atomic E-state index is 11.1. The summed E-state index contributed by atoms with van der Waals surface area (Å²) in [5.74, 6) is -0.923. The summed E-state index contributed by atoms with van der Waals surface area (Å²) in [6.07, 6.45) is 3.69. The molecule has 2 fully saturated rings. The lowest BCUT2D eigenvalue weighted by molar-refractivity contribution is 0.0690. The molecule has 0 saturated carbocycles. The third-order valence-electron chi connectivity index (χ3n) is 4.41. The molecule has 2 bridgehead atoms. The number of fused-ring (bicyclic) bond motifs is 2. The second kappa shape index (κ2) is 4.76. The standard InChI is InChI=1S/C13H19N3O2S/c1-8-11(12(17)18)14-13(19-8)16-6-5-9-3-4-10(7-16)15(9)2/h9-10H,3-7H2,1-2H3,(H,17,18). The number of carboxylic acids is 1. The lowest BCUT2D eigenvalue weighted by Crippen LogP contribution is -2.36. The molecule has 104 valence electrons. The Balaban J connectivity index is 1.83. The van der Waals surface area contributed by atoms with Gasteiger partial charge in [0.05, 0.1) is 0 Å². The predicted octanol–water partition coefficient (Wildman–Crippen LogP) is 1.82. The molecule has 6 heteroatoms. The van der Waals surface area contributed by atoms with Gasteiger partial charge in [-0.3, -0.25) is 4.90 Å². The van der Waals surface area contributed by atoms with Gasteiger partial charge in [0, 0.05) is 30.1 Å². The van der Waals surface area contributed by atoms with Crippen LogP contribution in [0.3, 0.4) is 0 Å². The maximum Gasteiger partial charge on any atom is 0.355 e. The minimum Gasteiger partial charge on any atom is -0.476 e. The van der Waals surface area contributed by atoms with Crippen molar-refractivity contribution < 1.29 is 9.90 Å². The SMILES string of the molecule is Cc1sc(N2CCC3CCC(C2)N3C)nc1C(=O)O. The van der Waals surface area contributed by atoms with Crippen LogP contribution in [0.4, 0.5) is 5.13 Å². The lowest BCUT2D eigenvalue weighted by Gasteiger charge is -2.25.